The Morgan fingerprint density at radius 2 is 2.12 bits per heavy atom. The normalized spacial score (nSPS) is 18.1. The van der Waals surface area contributed by atoms with Gasteiger partial charge in [-0.15, -0.1) is 0 Å². The summed E-state index contributed by atoms with van der Waals surface area (Å²) in [4.78, 5) is 20.4. The predicted molar refractivity (Wildman–Crippen MR) is 104 cm³/mol. The number of benzene rings is 1. The molecule has 1 aromatic carbocycles. The zero-order valence-electron chi connectivity index (χ0n) is 15.0. The van der Waals surface area contributed by atoms with Crippen molar-refractivity contribution in [3.8, 4) is 0 Å². The fraction of sp³-hybridized carbons (Fsp3) is 0.389. The molecule has 0 spiro atoms. The Labute approximate surface area is 156 Å². The number of H-pyrrole nitrogens is 1. The van der Waals surface area contributed by atoms with Gasteiger partial charge in [-0.05, 0) is 38.5 Å². The van der Waals surface area contributed by atoms with Gasteiger partial charge < -0.3 is 15.5 Å². The molecule has 0 unspecified atom stereocenters. The van der Waals surface area contributed by atoms with Crippen molar-refractivity contribution in [2.24, 2.45) is 5.73 Å². The van der Waals surface area contributed by atoms with Crippen molar-refractivity contribution in [2.75, 3.05) is 24.5 Å². The lowest BCUT2D eigenvalue weighted by molar-refractivity contribution is 0.181. The number of piperazine rings is 1. The Bertz CT molecular complexity index is 1030. The molecule has 2 amide bonds. The van der Waals surface area contributed by atoms with Crippen LogP contribution in [0.25, 0.3) is 21.9 Å². The van der Waals surface area contributed by atoms with Crippen LogP contribution in [-0.4, -0.2) is 51.8 Å². The van der Waals surface area contributed by atoms with Gasteiger partial charge in [0.1, 0.15) is 0 Å². The third-order valence-electron chi connectivity index (χ3n) is 5.13. The highest BCUT2D eigenvalue weighted by Crippen LogP contribution is 2.38. The van der Waals surface area contributed by atoms with Crippen LogP contribution in [0.15, 0.2) is 12.1 Å². The first-order valence-corrected chi connectivity index (χ1v) is 9.00. The van der Waals surface area contributed by atoms with Gasteiger partial charge >= 0.3 is 6.03 Å². The number of nitrogens with zero attached hydrogens (tertiary/aromatic N) is 4. The molecule has 2 aromatic heterocycles. The maximum atomic E-state index is 11.6. The molecule has 0 aliphatic carbocycles. The number of anilines is 1. The minimum atomic E-state index is -0.375. The average molecular weight is 373 g/mol. The van der Waals surface area contributed by atoms with E-state index in [1.54, 1.807) is 4.90 Å². The van der Waals surface area contributed by atoms with E-state index in [0.717, 1.165) is 33.2 Å². The van der Waals surface area contributed by atoms with Crippen molar-refractivity contribution in [2.45, 2.75) is 26.8 Å². The van der Waals surface area contributed by atoms with Gasteiger partial charge in [-0.2, -0.15) is 5.10 Å². The van der Waals surface area contributed by atoms with E-state index in [9.17, 15) is 4.79 Å². The van der Waals surface area contributed by atoms with Crippen molar-refractivity contribution in [3.63, 3.8) is 0 Å². The number of nitrogens with two attached hydrogens (primary N) is 1. The van der Waals surface area contributed by atoms with E-state index in [-0.39, 0.29) is 12.1 Å². The molecule has 0 saturated carbocycles. The quantitative estimate of drug-likeness (QED) is 0.687. The van der Waals surface area contributed by atoms with Crippen LogP contribution in [0.2, 0.25) is 5.02 Å². The molecule has 1 aliphatic rings. The molecule has 136 valence electrons. The number of rotatable bonds is 1. The Balaban J connectivity index is 1.95. The molecule has 7 nitrogen and oxygen atoms in total. The van der Waals surface area contributed by atoms with Gasteiger partial charge in [0.2, 0.25) is 0 Å². The summed E-state index contributed by atoms with van der Waals surface area (Å²) in [6.07, 6.45) is 0. The smallest absolute Gasteiger partial charge is 0.315 e. The molecule has 1 fully saturated rings. The monoisotopic (exact) mass is 372 g/mol. The summed E-state index contributed by atoms with van der Waals surface area (Å²) in [5.41, 5.74) is 10.1. The number of hydrogen-bond donors (Lipinski definition) is 2. The van der Waals surface area contributed by atoms with Gasteiger partial charge in [0.15, 0.2) is 5.65 Å². The first-order valence-electron chi connectivity index (χ1n) is 8.62. The number of nitrogens with one attached hydrogen (secondary N) is 1. The minimum absolute atomic E-state index is 0.0204. The molecule has 0 bridgehead atoms. The number of primary amides is 1. The molecular weight excluding hydrogens is 352 g/mol. The number of carbonyl (C=O) groups is 1. The van der Waals surface area contributed by atoms with E-state index in [0.29, 0.717) is 30.3 Å². The molecule has 3 aromatic rings. The Morgan fingerprint density at radius 3 is 2.81 bits per heavy atom. The van der Waals surface area contributed by atoms with Gasteiger partial charge in [-0.25, -0.2) is 9.78 Å². The van der Waals surface area contributed by atoms with E-state index in [1.807, 2.05) is 32.9 Å². The second-order valence-corrected chi connectivity index (χ2v) is 7.39. The second-order valence-electron chi connectivity index (χ2n) is 6.95. The fourth-order valence-corrected chi connectivity index (χ4v) is 4.18. The Kier molecular flexibility index (Phi) is 3.91. The van der Waals surface area contributed by atoms with Crippen LogP contribution in [-0.2, 0) is 0 Å². The van der Waals surface area contributed by atoms with E-state index in [1.165, 1.54) is 0 Å². The maximum absolute atomic E-state index is 11.6. The zero-order chi connectivity index (χ0) is 18.6. The molecule has 3 heterocycles. The standard InChI is InChI=1S/C18H21ClN6O/c1-9-6-12(19)7-13-15(9)21-17-14(11(3)22-23-17)16(13)24-4-5-25(18(20)26)10(2)8-24/h6-7,10H,4-5,8H2,1-3H3,(H2,20,26)(H,21,22,23)/t10-/m0/s1. The van der Waals surface area contributed by atoms with Crippen LogP contribution in [0, 0.1) is 13.8 Å². The van der Waals surface area contributed by atoms with E-state index in [2.05, 4.69) is 15.1 Å². The number of halogens is 1. The molecule has 4 rings (SSSR count). The number of aryl methyl sites for hydroxylation is 2. The summed E-state index contributed by atoms with van der Waals surface area (Å²) in [5, 5.41) is 10.1. The molecule has 0 radical (unpaired) electrons. The van der Waals surface area contributed by atoms with Crippen LogP contribution in [0.3, 0.4) is 0 Å². The first-order chi connectivity index (χ1) is 12.4. The number of aromatic nitrogens is 3. The summed E-state index contributed by atoms with van der Waals surface area (Å²) in [6.45, 7) is 7.97. The highest BCUT2D eigenvalue weighted by molar-refractivity contribution is 6.32. The number of amides is 2. The summed E-state index contributed by atoms with van der Waals surface area (Å²) in [5.74, 6) is 0. The maximum Gasteiger partial charge on any atom is 0.315 e. The van der Waals surface area contributed by atoms with Crippen molar-refractivity contribution in [1.29, 1.82) is 0 Å². The lowest BCUT2D eigenvalue weighted by atomic mass is 10.0. The summed E-state index contributed by atoms with van der Waals surface area (Å²) < 4.78 is 0. The number of pyridine rings is 1. The molecule has 1 aliphatic heterocycles. The van der Waals surface area contributed by atoms with Crippen LogP contribution >= 0.6 is 11.6 Å². The van der Waals surface area contributed by atoms with Crippen LogP contribution in [0.5, 0.6) is 0 Å². The van der Waals surface area contributed by atoms with Crippen molar-refractivity contribution < 1.29 is 4.79 Å². The zero-order valence-corrected chi connectivity index (χ0v) is 15.8. The van der Waals surface area contributed by atoms with Crippen LogP contribution < -0.4 is 10.6 Å². The van der Waals surface area contributed by atoms with Crippen molar-refractivity contribution >= 4 is 45.3 Å². The predicted octanol–water partition coefficient (Wildman–Crippen LogP) is 2.97. The summed E-state index contributed by atoms with van der Waals surface area (Å²) >= 11 is 6.35. The Hall–Kier alpha value is -2.54. The fourth-order valence-electron chi connectivity index (χ4n) is 3.90. The molecule has 1 atom stereocenters. The third kappa shape index (κ3) is 2.54. The van der Waals surface area contributed by atoms with Crippen molar-refractivity contribution in [3.05, 3.63) is 28.4 Å². The van der Waals surface area contributed by atoms with Gasteiger partial charge in [-0.1, -0.05) is 11.6 Å². The largest absolute Gasteiger partial charge is 0.367 e. The lowest BCUT2D eigenvalue weighted by Crippen LogP contribution is -2.55. The average Bonchev–Trinajstić information content (AvgIpc) is 2.94. The minimum Gasteiger partial charge on any atom is -0.367 e. The van der Waals surface area contributed by atoms with E-state index < -0.39 is 0 Å². The Morgan fingerprint density at radius 1 is 1.35 bits per heavy atom. The third-order valence-corrected chi connectivity index (χ3v) is 5.35. The highest BCUT2D eigenvalue weighted by Gasteiger charge is 2.29. The van der Waals surface area contributed by atoms with E-state index in [4.69, 9.17) is 22.3 Å². The van der Waals surface area contributed by atoms with Gasteiger partial charge in [0.05, 0.1) is 16.6 Å². The van der Waals surface area contributed by atoms with Gasteiger partial charge in [-0.3, -0.25) is 5.10 Å². The SMILES string of the molecule is Cc1cc(Cl)cc2c(N3CCN(C(N)=O)[C@@H](C)C3)c3c(C)[nH]nc3nc12. The van der Waals surface area contributed by atoms with Crippen molar-refractivity contribution in [1.82, 2.24) is 20.1 Å². The number of aromatic amines is 1. The summed E-state index contributed by atoms with van der Waals surface area (Å²) in [7, 11) is 0. The number of urea groups is 1. The highest BCUT2D eigenvalue weighted by atomic mass is 35.5. The summed E-state index contributed by atoms with van der Waals surface area (Å²) in [6, 6.07) is 3.52. The number of hydrogen-bond acceptors (Lipinski definition) is 4. The molecule has 8 heteroatoms. The molecular formula is C18H21ClN6O. The van der Waals surface area contributed by atoms with Gasteiger partial charge in [0, 0.05) is 41.8 Å². The van der Waals surface area contributed by atoms with E-state index >= 15 is 0 Å². The second kappa shape index (κ2) is 6.02. The number of fused-ring (bicyclic) bond motifs is 2. The molecule has 1 saturated heterocycles. The topological polar surface area (TPSA) is 91.1 Å². The molecule has 26 heavy (non-hydrogen) atoms. The van der Waals surface area contributed by atoms with Crippen LogP contribution in [0.4, 0.5) is 10.5 Å². The van der Waals surface area contributed by atoms with Gasteiger partial charge in [0.25, 0.3) is 0 Å². The first kappa shape index (κ1) is 16.9. The van der Waals surface area contributed by atoms with Crippen LogP contribution in [0.1, 0.15) is 18.2 Å². The lowest BCUT2D eigenvalue weighted by Gasteiger charge is -2.40. The number of carbonyl (C=O) groups excluding carboxylic acids is 1. The molecule has 3 N–H and O–H groups in total.